The lowest BCUT2D eigenvalue weighted by molar-refractivity contribution is -0.136. The largest absolute Gasteiger partial charge is 0.625 e. The van der Waals surface area contributed by atoms with E-state index in [-0.39, 0.29) is 19.0 Å². The number of hydrogen-bond acceptors (Lipinski definition) is 5. The molecule has 7 heteroatoms. The summed E-state index contributed by atoms with van der Waals surface area (Å²) in [5.41, 5.74) is 2.81. The van der Waals surface area contributed by atoms with E-state index in [0.29, 0.717) is 18.0 Å². The molecule has 0 aromatic heterocycles. The second-order valence-corrected chi connectivity index (χ2v) is 7.37. The number of hydroxylamine groups is 2. The predicted octanol–water partition coefficient (Wildman–Crippen LogP) is 1.17. The number of rotatable bonds is 2. The monoisotopic (exact) mass is 344 g/mol. The van der Waals surface area contributed by atoms with E-state index in [2.05, 4.69) is 16.7 Å². The first-order chi connectivity index (χ1) is 12.0. The van der Waals surface area contributed by atoms with Crippen molar-refractivity contribution in [2.45, 2.75) is 37.6 Å². The average molecular weight is 344 g/mol. The molecule has 3 heterocycles. The zero-order chi connectivity index (χ0) is 17.6. The van der Waals surface area contributed by atoms with Gasteiger partial charge in [0.2, 0.25) is 5.91 Å². The topological polar surface area (TPSA) is 84.5 Å². The third-order valence-corrected chi connectivity index (χ3v) is 5.76. The molecule has 1 aromatic rings. The van der Waals surface area contributed by atoms with E-state index >= 15 is 0 Å². The van der Waals surface area contributed by atoms with Crippen LogP contribution >= 0.6 is 0 Å². The number of amides is 2. The van der Waals surface area contributed by atoms with E-state index in [1.165, 1.54) is 5.56 Å². The summed E-state index contributed by atoms with van der Waals surface area (Å²) in [5, 5.41) is 19.3. The van der Waals surface area contributed by atoms with Gasteiger partial charge >= 0.3 is 0 Å². The molecule has 134 valence electrons. The van der Waals surface area contributed by atoms with Gasteiger partial charge in [-0.25, -0.2) is 0 Å². The molecule has 25 heavy (non-hydrogen) atoms. The molecule has 3 aliphatic heterocycles. The maximum Gasteiger partial charge on any atom is 0.285 e. The summed E-state index contributed by atoms with van der Waals surface area (Å²) in [4.78, 5) is 25.6. The molecule has 2 amide bonds. The highest BCUT2D eigenvalue weighted by Gasteiger charge is 2.46. The van der Waals surface area contributed by atoms with Crippen LogP contribution in [0, 0.1) is 5.21 Å². The molecule has 0 radical (unpaired) electrons. The molecule has 0 spiro atoms. The SMILES string of the molecule is CN1C[N+]([O-])(C2CCC(=O)NC2=O)c2ccc(C3CCNCC3)cc21. The first-order valence-electron chi connectivity index (χ1n) is 8.98. The smallest absolute Gasteiger partial charge is 0.285 e. The summed E-state index contributed by atoms with van der Waals surface area (Å²) >= 11 is 0. The van der Waals surface area contributed by atoms with Crippen LogP contribution in [0.2, 0.25) is 0 Å². The second-order valence-electron chi connectivity index (χ2n) is 7.37. The van der Waals surface area contributed by atoms with Crippen molar-refractivity contribution in [1.82, 2.24) is 15.3 Å². The van der Waals surface area contributed by atoms with Gasteiger partial charge in [0.05, 0.1) is 0 Å². The van der Waals surface area contributed by atoms with Crippen LogP contribution in [0.15, 0.2) is 18.2 Å². The van der Waals surface area contributed by atoms with Gasteiger partial charge in [0.25, 0.3) is 5.91 Å². The molecular formula is C18H24N4O3. The fraction of sp³-hybridized carbons (Fsp3) is 0.556. The molecule has 0 aliphatic carbocycles. The standard InChI is InChI=1S/C18H24N4O3/c1-21-11-22(25,16-4-5-17(23)20-18(16)24)15-3-2-13(10-14(15)21)12-6-8-19-9-7-12/h2-3,10,12,16,19H,4-9,11H2,1H3,(H,20,23,24). The number of fused-ring (bicyclic) bond motifs is 1. The number of nitrogens with zero attached hydrogens (tertiary/aromatic N) is 2. The van der Waals surface area contributed by atoms with Crippen LogP contribution in [-0.4, -0.2) is 44.7 Å². The Morgan fingerprint density at radius 2 is 1.96 bits per heavy atom. The zero-order valence-corrected chi connectivity index (χ0v) is 14.5. The van der Waals surface area contributed by atoms with Crippen molar-refractivity contribution < 1.29 is 9.59 Å². The van der Waals surface area contributed by atoms with Gasteiger partial charge in [-0.3, -0.25) is 19.6 Å². The molecule has 1 aromatic carbocycles. The van der Waals surface area contributed by atoms with Crippen LogP contribution < -0.4 is 20.2 Å². The van der Waals surface area contributed by atoms with Crippen LogP contribution in [0.3, 0.4) is 0 Å². The zero-order valence-electron chi connectivity index (χ0n) is 14.5. The molecule has 3 aliphatic rings. The lowest BCUT2D eigenvalue weighted by Gasteiger charge is -2.44. The van der Waals surface area contributed by atoms with Gasteiger partial charge in [-0.2, -0.15) is 0 Å². The van der Waals surface area contributed by atoms with E-state index in [9.17, 15) is 14.8 Å². The molecule has 2 fully saturated rings. The Labute approximate surface area is 147 Å². The Hall–Kier alpha value is -1.96. The van der Waals surface area contributed by atoms with Gasteiger partial charge in [0, 0.05) is 26.0 Å². The number of benzene rings is 1. The summed E-state index contributed by atoms with van der Waals surface area (Å²) in [6.07, 6.45) is 2.74. The minimum absolute atomic E-state index is 0.206. The van der Waals surface area contributed by atoms with Gasteiger partial charge < -0.3 is 15.4 Å². The molecule has 2 atom stereocenters. The van der Waals surface area contributed by atoms with Gasteiger partial charge in [0.1, 0.15) is 5.69 Å². The Balaban J connectivity index is 1.66. The second kappa shape index (κ2) is 6.09. The average Bonchev–Trinajstić information content (AvgIpc) is 2.86. The Bertz CT molecular complexity index is 716. The lowest BCUT2D eigenvalue weighted by atomic mass is 9.89. The van der Waals surface area contributed by atoms with Crippen molar-refractivity contribution in [3.8, 4) is 0 Å². The van der Waals surface area contributed by atoms with E-state index in [0.717, 1.165) is 31.6 Å². The molecule has 2 N–H and O–H groups in total. The van der Waals surface area contributed by atoms with Crippen LogP contribution in [-0.2, 0) is 9.59 Å². The highest BCUT2D eigenvalue weighted by molar-refractivity contribution is 6.01. The van der Waals surface area contributed by atoms with Crippen molar-refractivity contribution in [3.05, 3.63) is 29.0 Å². The van der Waals surface area contributed by atoms with Crippen molar-refractivity contribution in [1.29, 1.82) is 0 Å². The van der Waals surface area contributed by atoms with Crippen LogP contribution in [0.1, 0.15) is 37.2 Å². The lowest BCUT2D eigenvalue weighted by Crippen LogP contribution is -2.62. The minimum Gasteiger partial charge on any atom is -0.625 e. The van der Waals surface area contributed by atoms with Crippen molar-refractivity contribution >= 4 is 23.2 Å². The maximum atomic E-state index is 13.6. The van der Waals surface area contributed by atoms with E-state index in [1.54, 1.807) is 0 Å². The fourth-order valence-electron chi connectivity index (χ4n) is 4.39. The predicted molar refractivity (Wildman–Crippen MR) is 95.9 cm³/mol. The molecule has 0 saturated carbocycles. The van der Waals surface area contributed by atoms with Crippen molar-refractivity contribution in [3.63, 3.8) is 0 Å². The number of nitrogens with one attached hydrogen (secondary N) is 2. The summed E-state index contributed by atoms with van der Waals surface area (Å²) in [6.45, 7) is 2.25. The quantitative estimate of drug-likeness (QED) is 0.478. The van der Waals surface area contributed by atoms with Gasteiger partial charge in [-0.15, -0.1) is 0 Å². The van der Waals surface area contributed by atoms with Crippen molar-refractivity contribution in [2.24, 2.45) is 0 Å². The van der Waals surface area contributed by atoms with Crippen LogP contribution in [0.5, 0.6) is 0 Å². The first-order valence-corrected chi connectivity index (χ1v) is 8.98. The Morgan fingerprint density at radius 1 is 1.20 bits per heavy atom. The number of carbonyl (C=O) groups excluding carboxylic acids is 2. The molecule has 2 unspecified atom stereocenters. The number of piperidine rings is 2. The summed E-state index contributed by atoms with van der Waals surface area (Å²) in [7, 11) is 1.90. The first kappa shape index (κ1) is 16.5. The Kier molecular flexibility index (Phi) is 4.02. The Morgan fingerprint density at radius 3 is 2.68 bits per heavy atom. The normalized spacial score (nSPS) is 30.3. The number of imide groups is 1. The van der Waals surface area contributed by atoms with Gasteiger partial charge in [0.15, 0.2) is 18.4 Å². The van der Waals surface area contributed by atoms with Crippen LogP contribution in [0.25, 0.3) is 0 Å². The van der Waals surface area contributed by atoms with Gasteiger partial charge in [-0.05, 0) is 43.5 Å². The summed E-state index contributed by atoms with van der Waals surface area (Å²) in [5.74, 6) is -0.221. The van der Waals surface area contributed by atoms with Gasteiger partial charge in [-0.1, -0.05) is 6.07 Å². The maximum absolute atomic E-state index is 13.6. The molecular weight excluding hydrogens is 320 g/mol. The summed E-state index contributed by atoms with van der Waals surface area (Å²) < 4.78 is -0.697. The third-order valence-electron chi connectivity index (χ3n) is 5.76. The number of anilines is 1. The van der Waals surface area contributed by atoms with E-state index < -0.39 is 16.6 Å². The van der Waals surface area contributed by atoms with Crippen molar-refractivity contribution in [2.75, 3.05) is 31.7 Å². The molecule has 2 saturated heterocycles. The molecule has 0 bridgehead atoms. The number of hydrogen-bond donors (Lipinski definition) is 2. The highest BCUT2D eigenvalue weighted by Crippen LogP contribution is 2.44. The molecule has 7 nitrogen and oxygen atoms in total. The van der Waals surface area contributed by atoms with E-state index in [1.807, 2.05) is 24.1 Å². The minimum atomic E-state index is -0.758. The molecule has 4 rings (SSSR count). The highest BCUT2D eigenvalue weighted by atomic mass is 16.6. The number of quaternary nitrogens is 1. The summed E-state index contributed by atoms with van der Waals surface area (Å²) in [6, 6.07) is 5.30. The van der Waals surface area contributed by atoms with Crippen LogP contribution in [0.4, 0.5) is 11.4 Å². The third kappa shape index (κ3) is 2.72. The number of carbonyl (C=O) groups is 2. The van der Waals surface area contributed by atoms with E-state index in [4.69, 9.17) is 0 Å². The fourth-order valence-corrected chi connectivity index (χ4v) is 4.39.